The third kappa shape index (κ3) is 2.75. The SMILES string of the molecule is CC1CN(c2ccc3nc(-c4n[nH]c5ccc(F)cc45)[nH]c3c2)CCN1C. The molecule has 0 aliphatic carbocycles. The summed E-state index contributed by atoms with van der Waals surface area (Å²) >= 11 is 0. The van der Waals surface area contributed by atoms with Gasteiger partial charge in [0.15, 0.2) is 5.82 Å². The topological polar surface area (TPSA) is 63.8 Å². The lowest BCUT2D eigenvalue weighted by atomic mass is 10.1. The van der Waals surface area contributed by atoms with Gasteiger partial charge in [-0.25, -0.2) is 9.37 Å². The van der Waals surface area contributed by atoms with E-state index in [-0.39, 0.29) is 5.82 Å². The van der Waals surface area contributed by atoms with Gasteiger partial charge in [0.1, 0.15) is 11.5 Å². The van der Waals surface area contributed by atoms with Crippen LogP contribution in [-0.4, -0.2) is 57.8 Å². The lowest BCUT2D eigenvalue weighted by molar-refractivity contribution is 0.234. The van der Waals surface area contributed by atoms with Gasteiger partial charge in [-0.05, 0) is 50.4 Å². The summed E-state index contributed by atoms with van der Waals surface area (Å²) in [5.74, 6) is 0.360. The van der Waals surface area contributed by atoms with E-state index in [0.29, 0.717) is 17.6 Å². The molecule has 2 N–H and O–H groups in total. The fourth-order valence-corrected chi connectivity index (χ4v) is 3.76. The van der Waals surface area contributed by atoms with Crippen molar-refractivity contribution in [1.29, 1.82) is 0 Å². The van der Waals surface area contributed by atoms with Crippen LogP contribution in [-0.2, 0) is 0 Å². The Labute approximate surface area is 156 Å². The highest BCUT2D eigenvalue weighted by Gasteiger charge is 2.21. The molecular formula is C20H21FN6. The fraction of sp³-hybridized carbons (Fsp3) is 0.300. The van der Waals surface area contributed by atoms with Crippen LogP contribution >= 0.6 is 0 Å². The Morgan fingerprint density at radius 1 is 1.11 bits per heavy atom. The van der Waals surface area contributed by atoms with Gasteiger partial charge in [0.2, 0.25) is 0 Å². The number of aromatic nitrogens is 4. The molecule has 1 aliphatic heterocycles. The van der Waals surface area contributed by atoms with Gasteiger partial charge in [-0.1, -0.05) is 0 Å². The molecule has 0 spiro atoms. The Bertz CT molecular complexity index is 1130. The Balaban J connectivity index is 1.53. The maximum atomic E-state index is 13.7. The van der Waals surface area contributed by atoms with Gasteiger partial charge in [0.05, 0.1) is 16.6 Å². The first-order valence-corrected chi connectivity index (χ1v) is 9.17. The van der Waals surface area contributed by atoms with Crippen molar-refractivity contribution in [3.05, 3.63) is 42.2 Å². The maximum Gasteiger partial charge on any atom is 0.159 e. The van der Waals surface area contributed by atoms with Crippen molar-refractivity contribution < 1.29 is 4.39 Å². The predicted octanol–water partition coefficient (Wildman–Crippen LogP) is 3.39. The number of hydrogen-bond acceptors (Lipinski definition) is 4. The number of rotatable bonds is 2. The number of halogens is 1. The molecule has 7 heteroatoms. The summed E-state index contributed by atoms with van der Waals surface area (Å²) in [5, 5.41) is 8.00. The smallest absolute Gasteiger partial charge is 0.159 e. The van der Waals surface area contributed by atoms with Gasteiger partial charge in [-0.3, -0.25) is 5.10 Å². The monoisotopic (exact) mass is 364 g/mol. The molecule has 0 radical (unpaired) electrons. The van der Waals surface area contributed by atoms with Crippen molar-refractivity contribution in [3.63, 3.8) is 0 Å². The number of aromatic amines is 2. The molecule has 2 aromatic carbocycles. The van der Waals surface area contributed by atoms with E-state index in [9.17, 15) is 4.39 Å². The molecule has 1 saturated heterocycles. The molecule has 4 aromatic rings. The summed E-state index contributed by atoms with van der Waals surface area (Å²) in [6.07, 6.45) is 0. The minimum Gasteiger partial charge on any atom is -0.369 e. The van der Waals surface area contributed by atoms with Gasteiger partial charge in [0.25, 0.3) is 0 Å². The number of benzene rings is 2. The number of hydrogen-bond donors (Lipinski definition) is 2. The second kappa shape index (κ2) is 6.06. The van der Waals surface area contributed by atoms with Crippen LogP contribution in [0, 0.1) is 5.82 Å². The zero-order chi connectivity index (χ0) is 18.5. The second-order valence-corrected chi connectivity index (χ2v) is 7.32. The standard InChI is InChI=1S/C20H21FN6/c1-12-11-27(8-7-26(12)2)14-4-6-17-18(10-14)23-20(22-17)19-15-9-13(21)3-5-16(15)24-25-19/h3-6,9-10,12H,7-8,11H2,1-2H3,(H,22,23)(H,24,25). The molecule has 1 aliphatic rings. The quantitative estimate of drug-likeness (QED) is 0.572. The minimum atomic E-state index is -0.285. The fourth-order valence-electron chi connectivity index (χ4n) is 3.76. The van der Waals surface area contributed by atoms with Crippen LogP contribution in [0.3, 0.4) is 0 Å². The largest absolute Gasteiger partial charge is 0.369 e. The van der Waals surface area contributed by atoms with Crippen LogP contribution in [0.25, 0.3) is 33.5 Å². The first kappa shape index (κ1) is 16.3. The molecule has 0 bridgehead atoms. The molecule has 2 aromatic heterocycles. The second-order valence-electron chi connectivity index (χ2n) is 7.32. The number of nitrogens with one attached hydrogen (secondary N) is 2. The first-order chi connectivity index (χ1) is 13.1. The predicted molar refractivity (Wildman–Crippen MR) is 105 cm³/mol. The minimum absolute atomic E-state index is 0.285. The van der Waals surface area contributed by atoms with Gasteiger partial charge in [0, 0.05) is 36.7 Å². The van der Waals surface area contributed by atoms with Gasteiger partial charge >= 0.3 is 0 Å². The van der Waals surface area contributed by atoms with Gasteiger partial charge < -0.3 is 14.8 Å². The summed E-state index contributed by atoms with van der Waals surface area (Å²) in [7, 11) is 2.17. The molecule has 27 heavy (non-hydrogen) atoms. The average molecular weight is 364 g/mol. The summed E-state index contributed by atoms with van der Waals surface area (Å²) in [6.45, 7) is 5.32. The van der Waals surface area contributed by atoms with Crippen molar-refractivity contribution in [1.82, 2.24) is 25.1 Å². The average Bonchev–Trinajstić information content (AvgIpc) is 3.26. The molecule has 1 unspecified atom stereocenters. The number of piperazine rings is 1. The highest BCUT2D eigenvalue weighted by atomic mass is 19.1. The number of nitrogens with zero attached hydrogens (tertiary/aromatic N) is 4. The third-order valence-electron chi connectivity index (χ3n) is 5.54. The lowest BCUT2D eigenvalue weighted by Crippen LogP contribution is -2.50. The van der Waals surface area contributed by atoms with E-state index < -0.39 is 0 Å². The van der Waals surface area contributed by atoms with Crippen LogP contribution in [0.1, 0.15) is 6.92 Å². The van der Waals surface area contributed by atoms with E-state index in [2.05, 4.69) is 56.1 Å². The van der Waals surface area contributed by atoms with Gasteiger partial charge in [-0.15, -0.1) is 0 Å². The highest BCUT2D eigenvalue weighted by molar-refractivity contribution is 5.93. The summed E-state index contributed by atoms with van der Waals surface area (Å²) < 4.78 is 13.7. The molecule has 0 saturated carbocycles. The highest BCUT2D eigenvalue weighted by Crippen LogP contribution is 2.29. The Hall–Kier alpha value is -2.93. The molecule has 0 amide bonds. The molecular weight excluding hydrogens is 343 g/mol. The first-order valence-electron chi connectivity index (χ1n) is 9.17. The third-order valence-corrected chi connectivity index (χ3v) is 5.54. The van der Waals surface area contributed by atoms with Gasteiger partial charge in [-0.2, -0.15) is 5.10 Å². The lowest BCUT2D eigenvalue weighted by Gasteiger charge is -2.39. The molecule has 1 fully saturated rings. The Morgan fingerprint density at radius 3 is 2.85 bits per heavy atom. The Kier molecular flexibility index (Phi) is 3.65. The van der Waals surface area contributed by atoms with Crippen LogP contribution in [0.2, 0.25) is 0 Å². The van der Waals surface area contributed by atoms with Crippen molar-refractivity contribution in [2.75, 3.05) is 31.6 Å². The Morgan fingerprint density at radius 2 is 2.00 bits per heavy atom. The normalized spacial score (nSPS) is 18.6. The number of imidazole rings is 1. The van der Waals surface area contributed by atoms with Crippen molar-refractivity contribution in [3.8, 4) is 11.5 Å². The van der Waals surface area contributed by atoms with E-state index in [1.807, 2.05) is 6.07 Å². The van der Waals surface area contributed by atoms with Crippen LogP contribution in [0.4, 0.5) is 10.1 Å². The maximum absolute atomic E-state index is 13.7. The van der Waals surface area contributed by atoms with E-state index in [1.54, 1.807) is 6.07 Å². The molecule has 6 nitrogen and oxygen atoms in total. The number of anilines is 1. The summed E-state index contributed by atoms with van der Waals surface area (Å²) in [5.41, 5.74) is 4.45. The summed E-state index contributed by atoms with van der Waals surface area (Å²) in [6, 6.07) is 11.4. The summed E-state index contributed by atoms with van der Waals surface area (Å²) in [4.78, 5) is 12.8. The van der Waals surface area contributed by atoms with E-state index >= 15 is 0 Å². The molecule has 3 heterocycles. The van der Waals surface area contributed by atoms with E-state index in [4.69, 9.17) is 0 Å². The van der Waals surface area contributed by atoms with Crippen molar-refractivity contribution >= 4 is 27.6 Å². The number of likely N-dealkylation sites (N-methyl/N-ethyl adjacent to an activating group) is 1. The van der Waals surface area contributed by atoms with Crippen LogP contribution < -0.4 is 4.90 Å². The molecule has 1 atom stereocenters. The van der Waals surface area contributed by atoms with E-state index in [0.717, 1.165) is 41.6 Å². The van der Waals surface area contributed by atoms with Crippen molar-refractivity contribution in [2.24, 2.45) is 0 Å². The molecule has 5 rings (SSSR count). The number of fused-ring (bicyclic) bond motifs is 2. The van der Waals surface area contributed by atoms with Crippen molar-refractivity contribution in [2.45, 2.75) is 13.0 Å². The van der Waals surface area contributed by atoms with E-state index in [1.165, 1.54) is 17.8 Å². The molecule has 138 valence electrons. The van der Waals surface area contributed by atoms with Crippen LogP contribution in [0.15, 0.2) is 36.4 Å². The van der Waals surface area contributed by atoms with Crippen LogP contribution in [0.5, 0.6) is 0 Å². The zero-order valence-electron chi connectivity index (χ0n) is 15.3. The zero-order valence-corrected chi connectivity index (χ0v) is 15.3. The number of H-pyrrole nitrogens is 2.